The molecule has 32 heavy (non-hydrogen) atoms. The lowest BCUT2D eigenvalue weighted by molar-refractivity contribution is 0.0952. The second-order valence-electron chi connectivity index (χ2n) is 7.83. The van der Waals surface area contributed by atoms with Crippen LogP contribution in [0.5, 0.6) is 5.75 Å². The van der Waals surface area contributed by atoms with Crippen molar-refractivity contribution >= 4 is 16.8 Å². The molecule has 160 valence electrons. The molecular formula is C26H20F2N2O2. The van der Waals surface area contributed by atoms with Crippen LogP contribution in [0.3, 0.4) is 0 Å². The van der Waals surface area contributed by atoms with E-state index in [1.807, 2.05) is 18.2 Å². The Hall–Kier alpha value is -3.80. The molecule has 1 amide bonds. The molecule has 1 aliphatic rings. The summed E-state index contributed by atoms with van der Waals surface area (Å²) < 4.78 is 33.6. The van der Waals surface area contributed by atoms with E-state index in [0.29, 0.717) is 28.1 Å². The van der Waals surface area contributed by atoms with Gasteiger partial charge in [-0.3, -0.25) is 9.78 Å². The van der Waals surface area contributed by atoms with Gasteiger partial charge in [0.05, 0.1) is 11.1 Å². The average molecular weight is 430 g/mol. The van der Waals surface area contributed by atoms with Crippen LogP contribution in [0, 0.1) is 11.6 Å². The molecule has 4 nitrogen and oxygen atoms in total. The topological polar surface area (TPSA) is 51.2 Å². The van der Waals surface area contributed by atoms with Crippen LogP contribution < -0.4 is 10.1 Å². The number of benzene rings is 3. The number of halogens is 2. The summed E-state index contributed by atoms with van der Waals surface area (Å²) in [5, 5.41) is 3.72. The number of nitrogens with zero attached hydrogens (tertiary/aromatic N) is 1. The first-order valence-electron chi connectivity index (χ1n) is 10.4. The quantitative estimate of drug-likeness (QED) is 0.447. The highest BCUT2D eigenvalue weighted by Crippen LogP contribution is 2.41. The van der Waals surface area contributed by atoms with Gasteiger partial charge < -0.3 is 10.1 Å². The molecule has 2 atom stereocenters. The number of hydrogen-bond acceptors (Lipinski definition) is 3. The maximum atomic E-state index is 13.9. The van der Waals surface area contributed by atoms with Gasteiger partial charge in [0.2, 0.25) is 0 Å². The molecule has 0 spiro atoms. The number of aromatic nitrogens is 1. The third-order valence-corrected chi connectivity index (χ3v) is 5.75. The van der Waals surface area contributed by atoms with Gasteiger partial charge in [-0.1, -0.05) is 48.5 Å². The van der Waals surface area contributed by atoms with Crippen LogP contribution in [0.1, 0.15) is 33.8 Å². The number of para-hydroxylation sites is 1. The van der Waals surface area contributed by atoms with E-state index in [1.54, 1.807) is 24.3 Å². The molecule has 0 aliphatic heterocycles. The molecule has 3 aromatic carbocycles. The van der Waals surface area contributed by atoms with E-state index in [4.69, 9.17) is 4.74 Å². The normalized spacial score (nSPS) is 17.2. The van der Waals surface area contributed by atoms with Gasteiger partial charge in [-0.25, -0.2) is 8.78 Å². The van der Waals surface area contributed by atoms with Crippen molar-refractivity contribution in [1.82, 2.24) is 10.3 Å². The number of carbonyl (C=O) groups is 1. The summed E-state index contributed by atoms with van der Waals surface area (Å²) in [6.45, 7) is -0.281. The summed E-state index contributed by atoms with van der Waals surface area (Å²) in [5.74, 6) is -0.847. The van der Waals surface area contributed by atoms with Crippen LogP contribution in [0.15, 0.2) is 79.0 Å². The fourth-order valence-corrected chi connectivity index (χ4v) is 3.95. The van der Waals surface area contributed by atoms with Crippen molar-refractivity contribution in [3.63, 3.8) is 0 Å². The molecule has 4 aromatic rings. The Kier molecular flexibility index (Phi) is 5.27. The molecule has 0 saturated heterocycles. The average Bonchev–Trinajstić information content (AvgIpc) is 3.58. The minimum atomic E-state index is -0.671. The first-order chi connectivity index (χ1) is 15.6. The molecule has 1 fully saturated rings. The fourth-order valence-electron chi connectivity index (χ4n) is 3.95. The highest BCUT2D eigenvalue weighted by Gasteiger charge is 2.39. The molecule has 0 bridgehead atoms. The summed E-state index contributed by atoms with van der Waals surface area (Å²) in [5.41, 5.74) is 2.01. The Morgan fingerprint density at radius 2 is 1.72 bits per heavy atom. The molecule has 1 heterocycles. The van der Waals surface area contributed by atoms with Gasteiger partial charge in [0, 0.05) is 23.5 Å². The monoisotopic (exact) mass is 430 g/mol. The van der Waals surface area contributed by atoms with Gasteiger partial charge in [-0.15, -0.1) is 0 Å². The third-order valence-electron chi connectivity index (χ3n) is 5.75. The highest BCUT2D eigenvalue weighted by atomic mass is 19.1. The van der Waals surface area contributed by atoms with Crippen LogP contribution in [-0.2, 0) is 6.61 Å². The number of rotatable bonds is 6. The van der Waals surface area contributed by atoms with E-state index in [-0.39, 0.29) is 24.1 Å². The Labute approximate surface area is 183 Å². The standard InChI is InChI=1S/C26H20F2N2O2/c27-21-9-5-10-22(28)20(21)15-32-24-11-4-8-17-18(12-13-29-25(17)24)26(31)30-23-14-19(23)16-6-2-1-3-7-16/h1-13,19,23H,14-15H2,(H,30,31). The molecule has 2 unspecified atom stereocenters. The summed E-state index contributed by atoms with van der Waals surface area (Å²) in [6, 6.07) is 20.7. The number of nitrogens with one attached hydrogen (secondary N) is 1. The van der Waals surface area contributed by atoms with Crippen molar-refractivity contribution in [2.75, 3.05) is 0 Å². The molecule has 1 aromatic heterocycles. The second kappa shape index (κ2) is 8.38. The Morgan fingerprint density at radius 1 is 0.969 bits per heavy atom. The number of fused-ring (bicyclic) bond motifs is 1. The predicted octanol–water partition coefficient (Wildman–Crippen LogP) is 5.38. The van der Waals surface area contributed by atoms with Crippen molar-refractivity contribution in [1.29, 1.82) is 0 Å². The van der Waals surface area contributed by atoms with Crippen molar-refractivity contribution in [2.24, 2.45) is 0 Å². The molecule has 0 radical (unpaired) electrons. The number of carbonyl (C=O) groups excluding carboxylic acids is 1. The van der Waals surface area contributed by atoms with E-state index in [1.165, 1.54) is 30.0 Å². The van der Waals surface area contributed by atoms with Crippen LogP contribution >= 0.6 is 0 Å². The van der Waals surface area contributed by atoms with Gasteiger partial charge in [0.25, 0.3) is 5.91 Å². The first kappa shape index (κ1) is 20.1. The molecule has 1 saturated carbocycles. The van der Waals surface area contributed by atoms with E-state index in [2.05, 4.69) is 22.4 Å². The number of hydrogen-bond donors (Lipinski definition) is 1. The van der Waals surface area contributed by atoms with Crippen LogP contribution in [0.25, 0.3) is 10.9 Å². The minimum absolute atomic E-state index is 0.0941. The number of pyridine rings is 1. The Morgan fingerprint density at radius 3 is 2.50 bits per heavy atom. The number of ether oxygens (including phenoxy) is 1. The van der Waals surface area contributed by atoms with E-state index in [9.17, 15) is 13.6 Å². The SMILES string of the molecule is O=C(NC1CC1c1ccccc1)c1ccnc2c(OCc3c(F)cccc3F)cccc12. The molecule has 1 aliphatic carbocycles. The summed E-state index contributed by atoms with van der Waals surface area (Å²) in [7, 11) is 0. The highest BCUT2D eigenvalue weighted by molar-refractivity contribution is 6.07. The summed E-state index contributed by atoms with van der Waals surface area (Å²) >= 11 is 0. The summed E-state index contributed by atoms with van der Waals surface area (Å²) in [4.78, 5) is 17.3. The van der Waals surface area contributed by atoms with E-state index in [0.717, 1.165) is 6.42 Å². The number of amides is 1. The fraction of sp³-hybridized carbons (Fsp3) is 0.154. The van der Waals surface area contributed by atoms with Gasteiger partial charge >= 0.3 is 0 Å². The van der Waals surface area contributed by atoms with Crippen LogP contribution in [-0.4, -0.2) is 16.9 Å². The zero-order valence-corrected chi connectivity index (χ0v) is 17.1. The minimum Gasteiger partial charge on any atom is -0.486 e. The summed E-state index contributed by atoms with van der Waals surface area (Å²) in [6.07, 6.45) is 2.44. The van der Waals surface area contributed by atoms with Crippen molar-refractivity contribution in [3.8, 4) is 5.75 Å². The van der Waals surface area contributed by atoms with Gasteiger partial charge in [-0.2, -0.15) is 0 Å². The molecule has 1 N–H and O–H groups in total. The van der Waals surface area contributed by atoms with Crippen LogP contribution in [0.4, 0.5) is 8.78 Å². The second-order valence-corrected chi connectivity index (χ2v) is 7.83. The molecule has 6 heteroatoms. The zero-order valence-electron chi connectivity index (χ0n) is 17.1. The first-order valence-corrected chi connectivity index (χ1v) is 10.4. The maximum absolute atomic E-state index is 13.9. The lowest BCUT2D eigenvalue weighted by Crippen LogP contribution is -2.26. The van der Waals surface area contributed by atoms with Crippen molar-refractivity contribution in [3.05, 3.63) is 107 Å². The van der Waals surface area contributed by atoms with Crippen molar-refractivity contribution in [2.45, 2.75) is 25.0 Å². The van der Waals surface area contributed by atoms with E-state index < -0.39 is 11.6 Å². The smallest absolute Gasteiger partial charge is 0.252 e. The van der Waals surface area contributed by atoms with Gasteiger partial charge in [0.1, 0.15) is 29.5 Å². The van der Waals surface area contributed by atoms with Gasteiger partial charge in [0.15, 0.2) is 0 Å². The Bertz CT molecular complexity index is 1270. The predicted molar refractivity (Wildman–Crippen MR) is 117 cm³/mol. The molecular weight excluding hydrogens is 410 g/mol. The van der Waals surface area contributed by atoms with Crippen molar-refractivity contribution < 1.29 is 18.3 Å². The maximum Gasteiger partial charge on any atom is 0.252 e. The van der Waals surface area contributed by atoms with E-state index >= 15 is 0 Å². The Balaban J connectivity index is 1.36. The molecule has 5 rings (SSSR count). The lowest BCUT2D eigenvalue weighted by atomic mass is 10.1. The lowest BCUT2D eigenvalue weighted by Gasteiger charge is -2.12. The van der Waals surface area contributed by atoms with Crippen LogP contribution in [0.2, 0.25) is 0 Å². The van der Waals surface area contributed by atoms with Gasteiger partial charge in [-0.05, 0) is 36.2 Å². The zero-order chi connectivity index (χ0) is 22.1. The third kappa shape index (κ3) is 3.91. The largest absolute Gasteiger partial charge is 0.486 e.